The minimum Gasteiger partial charge on any atom is -0.454 e. The van der Waals surface area contributed by atoms with Crippen molar-refractivity contribution in [3.8, 4) is 0 Å². The Kier molecular flexibility index (Phi) is 4.08. The predicted octanol–water partition coefficient (Wildman–Crippen LogP) is 4.33. The normalized spacial score (nSPS) is 33.5. The van der Waals surface area contributed by atoms with Crippen molar-refractivity contribution in [1.82, 2.24) is 4.98 Å². The summed E-state index contributed by atoms with van der Waals surface area (Å²) < 4.78 is 5.24. The van der Waals surface area contributed by atoms with Gasteiger partial charge in [0.1, 0.15) is 5.15 Å². The number of ketones is 1. The molecule has 0 spiro atoms. The monoisotopic (exact) mass is 367 g/mol. The van der Waals surface area contributed by atoms with Crippen LogP contribution in [0.2, 0.25) is 10.2 Å². The van der Waals surface area contributed by atoms with Crippen LogP contribution >= 0.6 is 23.2 Å². The van der Waals surface area contributed by atoms with Crippen molar-refractivity contribution in [2.24, 2.45) is 23.2 Å². The van der Waals surface area contributed by atoms with E-state index in [1.165, 1.54) is 31.5 Å². The summed E-state index contributed by atoms with van der Waals surface area (Å²) in [5, 5.41) is 0.330. The minimum absolute atomic E-state index is 0.0861. The Labute approximate surface area is 150 Å². The van der Waals surface area contributed by atoms with Gasteiger partial charge in [-0.1, -0.05) is 23.2 Å². The molecule has 0 aliphatic heterocycles. The molecule has 4 nitrogen and oxygen atoms in total. The average molecular weight is 368 g/mol. The van der Waals surface area contributed by atoms with Crippen molar-refractivity contribution < 1.29 is 14.3 Å². The van der Waals surface area contributed by atoms with E-state index in [0.717, 1.165) is 19.3 Å². The van der Waals surface area contributed by atoms with Gasteiger partial charge in [-0.3, -0.25) is 4.79 Å². The van der Waals surface area contributed by atoms with Crippen molar-refractivity contribution in [2.45, 2.75) is 38.5 Å². The molecule has 1 aromatic rings. The third-order valence-corrected chi connectivity index (χ3v) is 6.68. The largest absolute Gasteiger partial charge is 0.454 e. The summed E-state index contributed by atoms with van der Waals surface area (Å²) in [7, 11) is 0. The van der Waals surface area contributed by atoms with E-state index >= 15 is 0 Å². The highest BCUT2D eigenvalue weighted by atomic mass is 35.5. The maximum atomic E-state index is 12.8. The van der Waals surface area contributed by atoms with E-state index in [1.54, 1.807) is 0 Å². The average Bonchev–Trinajstić information content (AvgIpc) is 2.53. The number of carbonyl (C=O) groups excluding carboxylic acids is 2. The van der Waals surface area contributed by atoms with Crippen LogP contribution in [-0.4, -0.2) is 23.3 Å². The molecule has 4 aliphatic carbocycles. The quantitative estimate of drug-likeness (QED) is 0.586. The molecule has 1 heterocycles. The van der Waals surface area contributed by atoms with Crippen LogP contribution in [0.15, 0.2) is 12.3 Å². The lowest BCUT2D eigenvalue weighted by Crippen LogP contribution is -2.51. The third-order valence-electron chi connectivity index (χ3n) is 6.00. The van der Waals surface area contributed by atoms with Gasteiger partial charge < -0.3 is 4.74 Å². The van der Waals surface area contributed by atoms with E-state index in [-0.39, 0.29) is 33.5 Å². The van der Waals surface area contributed by atoms with Crippen LogP contribution in [0.5, 0.6) is 0 Å². The molecule has 4 fully saturated rings. The van der Waals surface area contributed by atoms with Gasteiger partial charge in [0.05, 0.1) is 10.6 Å². The summed E-state index contributed by atoms with van der Waals surface area (Å²) in [5.41, 5.74) is -0.0343. The molecule has 0 radical (unpaired) electrons. The number of hydrogen-bond donors (Lipinski definition) is 0. The van der Waals surface area contributed by atoms with Crippen LogP contribution in [0.3, 0.4) is 0 Å². The summed E-state index contributed by atoms with van der Waals surface area (Å²) in [6.45, 7) is -0.161. The summed E-state index contributed by atoms with van der Waals surface area (Å²) in [6, 6.07) is 1.41. The Morgan fingerprint density at radius 1 is 1.12 bits per heavy atom. The number of ether oxygens (including phenoxy) is 1. The van der Waals surface area contributed by atoms with Gasteiger partial charge in [0.2, 0.25) is 0 Å². The van der Waals surface area contributed by atoms with Gasteiger partial charge in [0.25, 0.3) is 0 Å². The van der Waals surface area contributed by atoms with Crippen molar-refractivity contribution >= 4 is 35.0 Å². The zero-order valence-corrected chi connectivity index (χ0v) is 14.8. The lowest BCUT2D eigenvalue weighted by molar-refractivity contribution is -0.147. The Balaban J connectivity index is 1.41. The van der Waals surface area contributed by atoms with E-state index in [2.05, 4.69) is 4.98 Å². The van der Waals surface area contributed by atoms with Crippen LogP contribution in [0.4, 0.5) is 0 Å². The number of rotatable bonds is 4. The molecule has 0 N–H and O–H groups in total. The van der Waals surface area contributed by atoms with Crippen molar-refractivity contribution in [2.75, 3.05) is 6.61 Å². The molecule has 0 aromatic carbocycles. The summed E-state index contributed by atoms with van der Waals surface area (Å²) in [6.07, 6.45) is 8.08. The molecule has 0 saturated heterocycles. The Morgan fingerprint density at radius 3 is 2.25 bits per heavy atom. The SMILES string of the molecule is O=C(OCC(=O)C12CC3CC(CC(C3)C1)C2)c1cnc(Cl)c(Cl)c1. The zero-order chi connectivity index (χ0) is 16.9. The first kappa shape index (κ1) is 16.3. The van der Waals surface area contributed by atoms with Crippen LogP contribution in [0.1, 0.15) is 48.9 Å². The molecule has 1 aromatic heterocycles. The first-order valence-corrected chi connectivity index (χ1v) is 9.22. The second-order valence-electron chi connectivity index (χ2n) is 7.69. The molecule has 5 rings (SSSR count). The van der Waals surface area contributed by atoms with Crippen LogP contribution < -0.4 is 0 Å². The molecule has 4 saturated carbocycles. The summed E-state index contributed by atoms with van der Waals surface area (Å²) in [5.74, 6) is 1.57. The second-order valence-corrected chi connectivity index (χ2v) is 8.46. The van der Waals surface area contributed by atoms with Gasteiger partial charge in [-0.25, -0.2) is 9.78 Å². The van der Waals surface area contributed by atoms with Crippen molar-refractivity contribution in [3.63, 3.8) is 0 Å². The minimum atomic E-state index is -0.584. The number of esters is 1. The van der Waals surface area contributed by atoms with Crippen molar-refractivity contribution in [3.05, 3.63) is 28.0 Å². The molecule has 0 unspecified atom stereocenters. The van der Waals surface area contributed by atoms with Crippen LogP contribution in [-0.2, 0) is 9.53 Å². The predicted molar refractivity (Wildman–Crippen MR) is 90.2 cm³/mol. The highest BCUT2D eigenvalue weighted by molar-refractivity contribution is 6.41. The van der Waals surface area contributed by atoms with Gasteiger partial charge in [-0.15, -0.1) is 0 Å². The Bertz CT molecular complexity index is 668. The number of Topliss-reactive ketones (excluding diaryl/α,β-unsaturated/α-hetero) is 1. The number of halogens is 2. The van der Waals surface area contributed by atoms with Crippen LogP contribution in [0, 0.1) is 23.2 Å². The fraction of sp³-hybridized carbons (Fsp3) is 0.611. The van der Waals surface area contributed by atoms with Crippen LogP contribution in [0.25, 0.3) is 0 Å². The Morgan fingerprint density at radius 2 is 1.71 bits per heavy atom. The van der Waals surface area contributed by atoms with Gasteiger partial charge >= 0.3 is 5.97 Å². The fourth-order valence-corrected chi connectivity index (χ4v) is 5.62. The molecule has 0 amide bonds. The molecule has 0 atom stereocenters. The lowest BCUT2D eigenvalue weighted by atomic mass is 9.48. The van der Waals surface area contributed by atoms with E-state index < -0.39 is 5.97 Å². The van der Waals surface area contributed by atoms with E-state index in [9.17, 15) is 9.59 Å². The maximum absolute atomic E-state index is 12.8. The smallest absolute Gasteiger partial charge is 0.340 e. The molecule has 4 aliphatic rings. The summed E-state index contributed by atoms with van der Waals surface area (Å²) >= 11 is 11.6. The number of pyridine rings is 1. The summed E-state index contributed by atoms with van der Waals surface area (Å²) in [4.78, 5) is 28.8. The van der Waals surface area contributed by atoms with E-state index in [4.69, 9.17) is 27.9 Å². The standard InChI is InChI=1S/C18H19Cl2NO3/c19-14-4-13(8-21-16(14)20)17(23)24-9-15(22)18-5-10-1-11(6-18)3-12(2-10)7-18/h4,8,10-12H,1-3,5-7,9H2. The lowest BCUT2D eigenvalue weighted by Gasteiger charge is -2.55. The van der Waals surface area contributed by atoms with Gasteiger partial charge in [0, 0.05) is 11.6 Å². The number of nitrogens with zero attached hydrogens (tertiary/aromatic N) is 1. The third kappa shape index (κ3) is 2.84. The number of carbonyl (C=O) groups is 2. The highest BCUT2D eigenvalue weighted by Gasteiger charge is 2.54. The zero-order valence-electron chi connectivity index (χ0n) is 13.3. The van der Waals surface area contributed by atoms with Gasteiger partial charge in [0.15, 0.2) is 12.4 Å². The van der Waals surface area contributed by atoms with E-state index in [1.807, 2.05) is 0 Å². The molecule has 6 heteroatoms. The molecule has 4 bridgehead atoms. The maximum Gasteiger partial charge on any atom is 0.340 e. The number of aromatic nitrogens is 1. The van der Waals surface area contributed by atoms with Gasteiger partial charge in [-0.05, 0) is 62.3 Å². The van der Waals surface area contributed by atoms with E-state index in [0.29, 0.717) is 17.8 Å². The number of hydrogen-bond acceptors (Lipinski definition) is 4. The van der Waals surface area contributed by atoms with Crippen molar-refractivity contribution in [1.29, 1.82) is 0 Å². The second kappa shape index (κ2) is 5.99. The fourth-order valence-electron chi connectivity index (χ4n) is 5.35. The molecule has 128 valence electrons. The highest BCUT2D eigenvalue weighted by Crippen LogP contribution is 2.60. The first-order valence-electron chi connectivity index (χ1n) is 8.47. The molecular formula is C18H19Cl2NO3. The first-order chi connectivity index (χ1) is 11.4. The topological polar surface area (TPSA) is 56.3 Å². The molecule has 24 heavy (non-hydrogen) atoms. The van der Waals surface area contributed by atoms with Gasteiger partial charge in [-0.2, -0.15) is 0 Å². The molecular weight excluding hydrogens is 349 g/mol. The Hall–Kier alpha value is -1.13.